The van der Waals surface area contributed by atoms with Gasteiger partial charge < -0.3 is 9.64 Å². The van der Waals surface area contributed by atoms with Crippen LogP contribution in [0.3, 0.4) is 0 Å². The number of azo groups is 1. The Morgan fingerprint density at radius 1 is 1.10 bits per heavy atom. The second kappa shape index (κ2) is 7.97. The van der Waals surface area contributed by atoms with Crippen molar-refractivity contribution in [3.05, 3.63) is 59.6 Å². The number of pyridine rings is 1. The van der Waals surface area contributed by atoms with Crippen LogP contribution in [0.15, 0.2) is 65.0 Å². The van der Waals surface area contributed by atoms with Crippen LogP contribution in [0.4, 0.5) is 17.2 Å². The zero-order chi connectivity index (χ0) is 20.4. The number of ether oxygens (including phenoxy) is 1. The summed E-state index contributed by atoms with van der Waals surface area (Å²) in [7, 11) is 3.94. The Morgan fingerprint density at radius 3 is 2.72 bits per heavy atom. The number of hydrogen-bond acceptors (Lipinski definition) is 7. The first kappa shape index (κ1) is 19.0. The molecule has 2 aromatic heterocycles. The van der Waals surface area contributed by atoms with E-state index in [4.69, 9.17) is 4.74 Å². The lowest BCUT2D eigenvalue weighted by Gasteiger charge is -2.14. The molecule has 2 aromatic carbocycles. The number of esters is 1. The fraction of sp³-hybridized carbons (Fsp3) is 0.182. The number of benzene rings is 2. The van der Waals surface area contributed by atoms with Crippen molar-refractivity contribution >= 4 is 55.4 Å². The van der Waals surface area contributed by atoms with Crippen molar-refractivity contribution in [2.75, 3.05) is 25.6 Å². The molecule has 0 radical (unpaired) electrons. The molecule has 0 saturated carbocycles. The SMILES string of the molecule is CCOC(=O)c1cc2c(N(C)C)ccc(N=Nc3nccc4ccccc34)c2s1. The molecule has 0 N–H and O–H groups in total. The number of hydrogen-bond donors (Lipinski definition) is 0. The lowest BCUT2D eigenvalue weighted by Crippen LogP contribution is -2.08. The number of aromatic nitrogens is 1. The van der Waals surface area contributed by atoms with E-state index in [2.05, 4.69) is 15.2 Å². The Hall–Kier alpha value is -3.32. The smallest absolute Gasteiger partial charge is 0.348 e. The maximum atomic E-state index is 12.2. The largest absolute Gasteiger partial charge is 0.462 e. The molecule has 0 spiro atoms. The molecule has 4 aromatic rings. The Morgan fingerprint density at radius 2 is 1.93 bits per heavy atom. The third-order valence-corrected chi connectivity index (χ3v) is 5.64. The summed E-state index contributed by atoms with van der Waals surface area (Å²) in [6.45, 7) is 2.14. The minimum atomic E-state index is -0.322. The number of fused-ring (bicyclic) bond motifs is 2. The molecule has 146 valence electrons. The van der Waals surface area contributed by atoms with E-state index in [1.54, 1.807) is 13.1 Å². The minimum Gasteiger partial charge on any atom is -0.462 e. The van der Waals surface area contributed by atoms with Gasteiger partial charge in [0.15, 0.2) is 5.82 Å². The average molecular weight is 404 g/mol. The molecule has 0 aliphatic heterocycles. The normalized spacial score (nSPS) is 11.4. The van der Waals surface area contributed by atoms with E-state index in [0.29, 0.717) is 23.0 Å². The van der Waals surface area contributed by atoms with E-state index < -0.39 is 0 Å². The van der Waals surface area contributed by atoms with Gasteiger partial charge in [-0.1, -0.05) is 24.3 Å². The molecule has 0 aliphatic rings. The Kier molecular flexibility index (Phi) is 5.22. The number of nitrogens with zero attached hydrogens (tertiary/aromatic N) is 4. The van der Waals surface area contributed by atoms with E-state index in [9.17, 15) is 4.79 Å². The highest BCUT2D eigenvalue weighted by molar-refractivity contribution is 7.21. The first-order valence-corrected chi connectivity index (χ1v) is 10.1. The van der Waals surface area contributed by atoms with Gasteiger partial charge in [0.1, 0.15) is 10.6 Å². The van der Waals surface area contributed by atoms with E-state index in [1.165, 1.54) is 11.3 Å². The summed E-state index contributed by atoms with van der Waals surface area (Å²) in [5, 5.41) is 11.8. The van der Waals surface area contributed by atoms with Gasteiger partial charge >= 0.3 is 5.97 Å². The highest BCUT2D eigenvalue weighted by Crippen LogP contribution is 2.40. The molecule has 6 nitrogen and oxygen atoms in total. The van der Waals surface area contributed by atoms with Gasteiger partial charge in [0.2, 0.25) is 0 Å². The fourth-order valence-electron chi connectivity index (χ4n) is 3.15. The van der Waals surface area contributed by atoms with E-state index in [0.717, 1.165) is 26.5 Å². The molecule has 0 bridgehead atoms. The molecule has 2 heterocycles. The summed E-state index contributed by atoms with van der Waals surface area (Å²) in [5.74, 6) is 0.243. The van der Waals surface area contributed by atoms with Crippen molar-refractivity contribution < 1.29 is 9.53 Å². The van der Waals surface area contributed by atoms with Crippen molar-refractivity contribution in [2.24, 2.45) is 10.2 Å². The van der Waals surface area contributed by atoms with Gasteiger partial charge in [0.25, 0.3) is 0 Å². The third-order valence-electron chi connectivity index (χ3n) is 4.50. The summed E-state index contributed by atoms with van der Waals surface area (Å²) in [5.41, 5.74) is 1.70. The predicted octanol–water partition coefficient (Wildman–Crippen LogP) is 6.11. The van der Waals surface area contributed by atoms with Gasteiger partial charge in [0, 0.05) is 36.8 Å². The van der Waals surface area contributed by atoms with Crippen molar-refractivity contribution in [3.63, 3.8) is 0 Å². The standard InChI is InChI=1S/C22H20N4O2S/c1-4-28-22(27)19-13-16-18(26(2)3)10-9-17(20(16)29-19)24-25-21-15-8-6-5-7-14(15)11-12-23-21/h5-13H,4H2,1-3H3. The zero-order valence-corrected chi connectivity index (χ0v) is 17.2. The topological polar surface area (TPSA) is 67.2 Å². The quantitative estimate of drug-likeness (QED) is 0.297. The first-order chi connectivity index (χ1) is 14.1. The van der Waals surface area contributed by atoms with Crippen LogP contribution in [0.2, 0.25) is 0 Å². The molecule has 29 heavy (non-hydrogen) atoms. The van der Waals surface area contributed by atoms with Crippen LogP contribution in [0.1, 0.15) is 16.6 Å². The van der Waals surface area contributed by atoms with Crippen molar-refractivity contribution in [2.45, 2.75) is 6.92 Å². The minimum absolute atomic E-state index is 0.322. The van der Waals surface area contributed by atoms with E-state index in [-0.39, 0.29) is 5.97 Å². The van der Waals surface area contributed by atoms with Crippen LogP contribution < -0.4 is 4.90 Å². The van der Waals surface area contributed by atoms with Crippen LogP contribution in [-0.2, 0) is 4.74 Å². The number of rotatable bonds is 5. The van der Waals surface area contributed by atoms with Gasteiger partial charge in [-0.25, -0.2) is 9.78 Å². The van der Waals surface area contributed by atoms with Gasteiger partial charge in [-0.2, -0.15) is 0 Å². The Bertz CT molecular complexity index is 1220. The molecule has 0 aliphatic carbocycles. The van der Waals surface area contributed by atoms with Crippen LogP contribution in [0, 0.1) is 0 Å². The molecule has 0 atom stereocenters. The molecule has 0 unspecified atom stereocenters. The lowest BCUT2D eigenvalue weighted by molar-refractivity contribution is 0.0532. The van der Waals surface area contributed by atoms with E-state index >= 15 is 0 Å². The molecule has 4 rings (SSSR count). The van der Waals surface area contributed by atoms with Crippen molar-refractivity contribution in [1.82, 2.24) is 4.98 Å². The third kappa shape index (κ3) is 3.69. The molecular formula is C22H20N4O2S. The van der Waals surface area contributed by atoms with Crippen LogP contribution in [-0.4, -0.2) is 31.7 Å². The number of carbonyl (C=O) groups is 1. The summed E-state index contributed by atoms with van der Waals surface area (Å²) in [6, 6.07) is 15.6. The molecular weight excluding hydrogens is 384 g/mol. The van der Waals surface area contributed by atoms with Crippen LogP contribution in [0.5, 0.6) is 0 Å². The monoisotopic (exact) mass is 404 g/mol. The second-order valence-corrected chi connectivity index (χ2v) is 7.68. The van der Waals surface area contributed by atoms with Crippen molar-refractivity contribution in [3.8, 4) is 0 Å². The van der Waals surface area contributed by atoms with Gasteiger partial charge in [0.05, 0.1) is 11.3 Å². The highest BCUT2D eigenvalue weighted by atomic mass is 32.1. The van der Waals surface area contributed by atoms with Gasteiger partial charge in [-0.3, -0.25) is 0 Å². The lowest BCUT2D eigenvalue weighted by atomic mass is 10.1. The highest BCUT2D eigenvalue weighted by Gasteiger charge is 2.17. The summed E-state index contributed by atoms with van der Waals surface area (Å²) in [6.07, 6.45) is 1.73. The summed E-state index contributed by atoms with van der Waals surface area (Å²) >= 11 is 1.37. The molecule has 7 heteroatoms. The average Bonchev–Trinajstić information content (AvgIpc) is 3.17. The maximum Gasteiger partial charge on any atom is 0.348 e. The van der Waals surface area contributed by atoms with Crippen LogP contribution >= 0.6 is 11.3 Å². The van der Waals surface area contributed by atoms with Gasteiger partial charge in [-0.05, 0) is 36.6 Å². The predicted molar refractivity (Wildman–Crippen MR) is 118 cm³/mol. The molecule has 0 saturated heterocycles. The van der Waals surface area contributed by atoms with E-state index in [1.807, 2.05) is 67.5 Å². The Balaban J connectivity index is 1.82. The number of thiophene rings is 1. The molecule has 0 fully saturated rings. The second-order valence-electron chi connectivity index (χ2n) is 6.63. The summed E-state index contributed by atoms with van der Waals surface area (Å²) < 4.78 is 6.06. The number of anilines is 1. The van der Waals surface area contributed by atoms with Crippen molar-refractivity contribution in [1.29, 1.82) is 0 Å². The first-order valence-electron chi connectivity index (χ1n) is 9.25. The van der Waals surface area contributed by atoms with Gasteiger partial charge in [-0.15, -0.1) is 21.6 Å². The fourth-order valence-corrected chi connectivity index (χ4v) is 4.18. The van der Waals surface area contributed by atoms with Crippen LogP contribution in [0.25, 0.3) is 20.9 Å². The Labute approximate surface area is 172 Å². The molecule has 0 amide bonds. The maximum absolute atomic E-state index is 12.2. The number of carbonyl (C=O) groups excluding carboxylic acids is 1. The zero-order valence-electron chi connectivity index (χ0n) is 16.4. The summed E-state index contributed by atoms with van der Waals surface area (Å²) in [4.78, 5) is 19.2.